The van der Waals surface area contributed by atoms with Gasteiger partial charge in [-0.1, -0.05) is 0 Å². The minimum Gasteiger partial charge on any atom is -0.492 e. The van der Waals surface area contributed by atoms with Gasteiger partial charge in [-0.3, -0.25) is 20.0 Å². The molecular formula is C18H21N5O2. The average molecular weight is 339 g/mol. The molecule has 1 fully saturated rings. The second kappa shape index (κ2) is 7.06. The summed E-state index contributed by atoms with van der Waals surface area (Å²) in [6, 6.07) is 7.64. The standard InChI is InChI=1S/C18H21N5O2/c24-17-15-7-8-19-16(15)21-18(22-17)20-13-3-5-14(6-4-13)25-12-11-23-9-1-2-10-23/h3-8,16H,1-2,9-12H2,(H2,20,21,22,24). The van der Waals surface area contributed by atoms with Gasteiger partial charge in [-0.2, -0.15) is 0 Å². The van der Waals surface area contributed by atoms with E-state index in [-0.39, 0.29) is 5.91 Å². The number of carbonyl (C=O) groups excluding carboxylic acids is 1. The number of anilines is 1. The van der Waals surface area contributed by atoms with Crippen LogP contribution in [0.2, 0.25) is 0 Å². The van der Waals surface area contributed by atoms with Crippen LogP contribution in [-0.4, -0.2) is 55.4 Å². The van der Waals surface area contributed by atoms with Crippen LogP contribution in [0.4, 0.5) is 5.69 Å². The van der Waals surface area contributed by atoms with Crippen molar-refractivity contribution in [3.63, 3.8) is 0 Å². The number of likely N-dealkylation sites (tertiary alicyclic amines) is 1. The van der Waals surface area contributed by atoms with Gasteiger partial charge in [0.2, 0.25) is 5.96 Å². The Kier molecular flexibility index (Phi) is 4.47. The molecule has 1 aromatic carbocycles. The molecule has 0 aliphatic carbocycles. The van der Waals surface area contributed by atoms with Crippen LogP contribution in [0, 0.1) is 0 Å². The molecule has 3 aliphatic heterocycles. The third-order valence-corrected chi connectivity index (χ3v) is 4.50. The van der Waals surface area contributed by atoms with E-state index in [4.69, 9.17) is 4.74 Å². The van der Waals surface area contributed by atoms with E-state index < -0.39 is 6.17 Å². The third kappa shape index (κ3) is 3.71. The van der Waals surface area contributed by atoms with Crippen LogP contribution in [0.3, 0.4) is 0 Å². The molecule has 0 aromatic heterocycles. The van der Waals surface area contributed by atoms with E-state index in [1.165, 1.54) is 25.9 Å². The molecule has 3 heterocycles. The van der Waals surface area contributed by atoms with E-state index in [2.05, 4.69) is 25.5 Å². The van der Waals surface area contributed by atoms with Gasteiger partial charge >= 0.3 is 0 Å². The van der Waals surface area contributed by atoms with Crippen molar-refractivity contribution >= 4 is 23.8 Å². The SMILES string of the molecule is O=C1NC(Nc2ccc(OCCN3CCCC3)cc2)=NC2N=CC=C12. The quantitative estimate of drug-likeness (QED) is 0.850. The van der Waals surface area contributed by atoms with Gasteiger partial charge in [-0.25, -0.2) is 4.99 Å². The van der Waals surface area contributed by atoms with Gasteiger partial charge in [0.1, 0.15) is 12.4 Å². The van der Waals surface area contributed by atoms with E-state index >= 15 is 0 Å². The van der Waals surface area contributed by atoms with Gasteiger partial charge < -0.3 is 10.1 Å². The molecule has 130 valence electrons. The summed E-state index contributed by atoms with van der Waals surface area (Å²) in [6.45, 7) is 4.04. The monoisotopic (exact) mass is 339 g/mol. The molecule has 7 heteroatoms. The number of nitrogens with one attached hydrogen (secondary N) is 2. The molecule has 0 bridgehead atoms. The van der Waals surface area contributed by atoms with Gasteiger partial charge in [0.05, 0.1) is 5.57 Å². The predicted molar refractivity (Wildman–Crippen MR) is 97.2 cm³/mol. The molecule has 25 heavy (non-hydrogen) atoms. The largest absolute Gasteiger partial charge is 0.492 e. The Hall–Kier alpha value is -2.67. The third-order valence-electron chi connectivity index (χ3n) is 4.50. The summed E-state index contributed by atoms with van der Waals surface area (Å²) in [6.07, 6.45) is 5.47. The molecule has 0 saturated carbocycles. The molecule has 1 amide bonds. The van der Waals surface area contributed by atoms with E-state index in [1.54, 1.807) is 12.3 Å². The van der Waals surface area contributed by atoms with Crippen molar-refractivity contribution in [3.8, 4) is 5.75 Å². The molecule has 1 unspecified atom stereocenters. The highest BCUT2D eigenvalue weighted by Crippen LogP contribution is 2.19. The fraction of sp³-hybridized carbons (Fsp3) is 0.389. The van der Waals surface area contributed by atoms with Gasteiger partial charge in [0.15, 0.2) is 6.17 Å². The van der Waals surface area contributed by atoms with E-state index in [0.29, 0.717) is 18.1 Å². The minimum atomic E-state index is -0.426. The first-order valence-corrected chi connectivity index (χ1v) is 8.63. The normalized spacial score (nSPS) is 22.2. The number of carbonyl (C=O) groups is 1. The lowest BCUT2D eigenvalue weighted by atomic mass is 10.2. The van der Waals surface area contributed by atoms with Gasteiger partial charge in [0.25, 0.3) is 5.91 Å². The second-order valence-corrected chi connectivity index (χ2v) is 6.27. The number of hydrogen-bond donors (Lipinski definition) is 2. The summed E-state index contributed by atoms with van der Waals surface area (Å²) in [4.78, 5) is 22.9. The van der Waals surface area contributed by atoms with Crippen molar-refractivity contribution in [2.45, 2.75) is 19.0 Å². The van der Waals surface area contributed by atoms with Crippen molar-refractivity contribution in [2.24, 2.45) is 9.98 Å². The number of amides is 1. The van der Waals surface area contributed by atoms with Gasteiger partial charge in [-0.15, -0.1) is 0 Å². The summed E-state index contributed by atoms with van der Waals surface area (Å²) >= 11 is 0. The summed E-state index contributed by atoms with van der Waals surface area (Å²) < 4.78 is 5.79. The number of allylic oxidation sites excluding steroid dienone is 1. The maximum atomic E-state index is 12.0. The van der Waals surface area contributed by atoms with Gasteiger partial charge in [-0.05, 0) is 56.3 Å². The van der Waals surface area contributed by atoms with Crippen molar-refractivity contribution < 1.29 is 9.53 Å². The Morgan fingerprint density at radius 2 is 2.04 bits per heavy atom. The summed E-state index contributed by atoms with van der Waals surface area (Å²) in [7, 11) is 0. The molecule has 2 N–H and O–H groups in total. The fourth-order valence-electron chi connectivity index (χ4n) is 3.13. The van der Waals surface area contributed by atoms with E-state index in [0.717, 1.165) is 18.0 Å². The zero-order valence-corrected chi connectivity index (χ0v) is 13.9. The van der Waals surface area contributed by atoms with Gasteiger partial charge in [0, 0.05) is 18.4 Å². The summed E-state index contributed by atoms with van der Waals surface area (Å²) in [5, 5.41) is 5.84. The molecule has 0 spiro atoms. The van der Waals surface area contributed by atoms with E-state index in [9.17, 15) is 4.79 Å². The average Bonchev–Trinajstić information content (AvgIpc) is 3.28. The Morgan fingerprint density at radius 1 is 1.24 bits per heavy atom. The lowest BCUT2D eigenvalue weighted by molar-refractivity contribution is -0.116. The van der Waals surface area contributed by atoms with Crippen molar-refractivity contribution in [2.75, 3.05) is 31.6 Å². The summed E-state index contributed by atoms with van der Waals surface area (Å²) in [5.41, 5.74) is 1.41. The molecule has 1 aromatic rings. The van der Waals surface area contributed by atoms with Crippen LogP contribution in [0.1, 0.15) is 12.8 Å². The van der Waals surface area contributed by atoms with Crippen LogP contribution in [0.25, 0.3) is 0 Å². The van der Waals surface area contributed by atoms with E-state index in [1.807, 2.05) is 24.3 Å². The molecule has 0 radical (unpaired) electrons. The maximum Gasteiger partial charge on any atom is 0.258 e. The van der Waals surface area contributed by atoms with Crippen molar-refractivity contribution in [1.82, 2.24) is 10.2 Å². The maximum absolute atomic E-state index is 12.0. The number of aliphatic imine (C=N–C) groups is 2. The highest BCUT2D eigenvalue weighted by atomic mass is 16.5. The number of guanidine groups is 1. The zero-order valence-electron chi connectivity index (χ0n) is 13.9. The lowest BCUT2D eigenvalue weighted by Gasteiger charge is -2.19. The number of hydrogen-bond acceptors (Lipinski definition) is 6. The number of rotatable bonds is 5. The zero-order chi connectivity index (χ0) is 17.1. The van der Waals surface area contributed by atoms with Crippen molar-refractivity contribution in [1.29, 1.82) is 0 Å². The summed E-state index contributed by atoms with van der Waals surface area (Å²) in [5.74, 6) is 1.08. The van der Waals surface area contributed by atoms with Crippen LogP contribution in [-0.2, 0) is 4.79 Å². The molecule has 7 nitrogen and oxygen atoms in total. The highest BCUT2D eigenvalue weighted by Gasteiger charge is 2.28. The molecule has 1 saturated heterocycles. The lowest BCUT2D eigenvalue weighted by Crippen LogP contribution is -2.43. The first-order valence-electron chi connectivity index (χ1n) is 8.63. The molecule has 3 aliphatic rings. The first kappa shape index (κ1) is 15.8. The Balaban J connectivity index is 1.30. The smallest absolute Gasteiger partial charge is 0.258 e. The second-order valence-electron chi connectivity index (χ2n) is 6.27. The predicted octanol–water partition coefficient (Wildman–Crippen LogP) is 1.40. The highest BCUT2D eigenvalue weighted by molar-refractivity contribution is 6.14. The molecular weight excluding hydrogens is 318 g/mol. The number of ether oxygens (including phenoxy) is 1. The fourth-order valence-corrected chi connectivity index (χ4v) is 3.13. The Labute approximate surface area is 146 Å². The van der Waals surface area contributed by atoms with Crippen LogP contribution >= 0.6 is 0 Å². The number of fused-ring (bicyclic) bond motifs is 1. The molecule has 1 atom stereocenters. The Morgan fingerprint density at radius 3 is 2.84 bits per heavy atom. The minimum absolute atomic E-state index is 0.165. The number of nitrogens with zero attached hydrogens (tertiary/aromatic N) is 3. The Bertz CT molecular complexity index is 732. The van der Waals surface area contributed by atoms with Crippen LogP contribution in [0.5, 0.6) is 5.75 Å². The van der Waals surface area contributed by atoms with Crippen LogP contribution in [0.15, 0.2) is 45.9 Å². The molecule has 4 rings (SSSR count). The first-order chi connectivity index (χ1) is 12.3. The van der Waals surface area contributed by atoms with Crippen LogP contribution < -0.4 is 15.4 Å². The topological polar surface area (TPSA) is 78.3 Å². The number of benzene rings is 1. The van der Waals surface area contributed by atoms with Crippen molar-refractivity contribution in [3.05, 3.63) is 35.9 Å².